The van der Waals surface area contributed by atoms with E-state index in [2.05, 4.69) is 20.3 Å². The van der Waals surface area contributed by atoms with Crippen molar-refractivity contribution in [1.29, 1.82) is 0 Å². The number of rotatable bonds is 4. The number of carbonyl (C=O) groups excluding carboxylic acids is 1. The van der Waals surface area contributed by atoms with Crippen molar-refractivity contribution in [1.82, 2.24) is 15.0 Å². The minimum Gasteiger partial charge on any atom is -0.297 e. The highest BCUT2D eigenvalue weighted by atomic mass is 32.1. The average Bonchev–Trinajstić information content (AvgIpc) is 3.26. The van der Waals surface area contributed by atoms with E-state index in [-0.39, 0.29) is 11.6 Å². The van der Waals surface area contributed by atoms with Crippen LogP contribution < -0.4 is 5.32 Å². The van der Waals surface area contributed by atoms with E-state index in [0.29, 0.717) is 32.7 Å². The van der Waals surface area contributed by atoms with Gasteiger partial charge in [-0.3, -0.25) is 20.2 Å². The normalized spacial score (nSPS) is 11.1. The summed E-state index contributed by atoms with van der Waals surface area (Å²) in [7, 11) is 0. The maximum absolute atomic E-state index is 12.9. The molecule has 1 amide bonds. The molecule has 0 radical (unpaired) electrons. The second kappa shape index (κ2) is 7.54. The number of nitro benzene ring substituents is 1. The molecule has 30 heavy (non-hydrogen) atoms. The maximum Gasteiger partial charge on any atom is 0.272 e. The van der Waals surface area contributed by atoms with Crippen molar-refractivity contribution in [3.8, 4) is 11.3 Å². The van der Waals surface area contributed by atoms with Crippen molar-refractivity contribution in [2.75, 3.05) is 5.32 Å². The summed E-state index contributed by atoms with van der Waals surface area (Å²) in [6.07, 6.45) is 0. The topological polar surface area (TPSA) is 111 Å². The van der Waals surface area contributed by atoms with E-state index in [9.17, 15) is 14.9 Å². The van der Waals surface area contributed by atoms with Crippen LogP contribution in [0.25, 0.3) is 21.5 Å². The summed E-state index contributed by atoms with van der Waals surface area (Å²) in [5, 5.41) is 17.1. The van der Waals surface area contributed by atoms with Gasteiger partial charge in [0, 0.05) is 33.7 Å². The minimum absolute atomic E-state index is 0.0405. The van der Waals surface area contributed by atoms with Crippen LogP contribution in [0.5, 0.6) is 0 Å². The number of anilines is 1. The van der Waals surface area contributed by atoms with Gasteiger partial charge in [0.25, 0.3) is 11.6 Å². The van der Waals surface area contributed by atoms with Crippen LogP contribution in [0.2, 0.25) is 0 Å². The van der Waals surface area contributed by atoms with Crippen molar-refractivity contribution in [3.05, 3.63) is 61.2 Å². The van der Waals surface area contributed by atoms with Crippen molar-refractivity contribution >= 4 is 49.6 Å². The number of thiophene rings is 1. The number of fused-ring (bicyclic) bond motifs is 1. The number of amides is 1. The zero-order valence-electron chi connectivity index (χ0n) is 16.6. The highest BCUT2D eigenvalue weighted by Gasteiger charge is 2.20. The summed E-state index contributed by atoms with van der Waals surface area (Å²) < 4.78 is 0. The molecule has 0 aliphatic carbocycles. The molecule has 1 aromatic carbocycles. The molecule has 0 aliphatic heterocycles. The standard InChI is InChI=1S/C20H17N5O3S2/c1-9-5-6-13(7-15(9)25(27)28)14-8-29-20(23-14)24-18(26)17-10(2)16-11(3)21-12(4)22-19(16)30-17/h5-8H,1-4H3,(H,23,24,26). The Labute approximate surface area is 179 Å². The number of thiazole rings is 1. The zero-order chi connectivity index (χ0) is 21.6. The highest BCUT2D eigenvalue weighted by molar-refractivity contribution is 7.21. The van der Waals surface area contributed by atoms with Crippen LogP contribution in [0.3, 0.4) is 0 Å². The lowest BCUT2D eigenvalue weighted by Crippen LogP contribution is -2.11. The Hall–Kier alpha value is -3.24. The Morgan fingerprint density at radius 3 is 2.63 bits per heavy atom. The van der Waals surface area contributed by atoms with Gasteiger partial charge < -0.3 is 0 Å². The molecule has 0 saturated heterocycles. The van der Waals surface area contributed by atoms with E-state index in [0.717, 1.165) is 21.5 Å². The first kappa shape index (κ1) is 20.0. The summed E-state index contributed by atoms with van der Waals surface area (Å²) in [5.74, 6) is 0.410. The first-order chi connectivity index (χ1) is 14.2. The predicted octanol–water partition coefficient (Wildman–Crippen LogP) is 5.21. The van der Waals surface area contributed by atoms with E-state index < -0.39 is 4.92 Å². The van der Waals surface area contributed by atoms with Gasteiger partial charge in [0.2, 0.25) is 0 Å². The highest BCUT2D eigenvalue weighted by Crippen LogP contribution is 2.33. The largest absolute Gasteiger partial charge is 0.297 e. The Morgan fingerprint density at radius 2 is 1.90 bits per heavy atom. The van der Waals surface area contributed by atoms with Gasteiger partial charge in [0.05, 0.1) is 15.5 Å². The van der Waals surface area contributed by atoms with Gasteiger partial charge in [0.15, 0.2) is 5.13 Å². The quantitative estimate of drug-likeness (QED) is 0.345. The lowest BCUT2D eigenvalue weighted by atomic mass is 10.1. The van der Waals surface area contributed by atoms with Gasteiger partial charge in [-0.05, 0) is 33.3 Å². The van der Waals surface area contributed by atoms with Gasteiger partial charge >= 0.3 is 0 Å². The number of carbonyl (C=O) groups is 1. The molecule has 4 aromatic rings. The van der Waals surface area contributed by atoms with Crippen LogP contribution in [0.15, 0.2) is 23.6 Å². The number of aryl methyl sites for hydroxylation is 4. The second-order valence-electron chi connectivity index (χ2n) is 6.84. The Balaban J connectivity index is 1.62. The second-order valence-corrected chi connectivity index (χ2v) is 8.70. The molecule has 3 aromatic heterocycles. The van der Waals surface area contributed by atoms with Crippen molar-refractivity contribution in [3.63, 3.8) is 0 Å². The van der Waals surface area contributed by atoms with Crippen LogP contribution in [-0.2, 0) is 0 Å². The molecule has 0 atom stereocenters. The van der Waals surface area contributed by atoms with Crippen LogP contribution >= 0.6 is 22.7 Å². The molecule has 1 N–H and O–H groups in total. The number of nitrogens with one attached hydrogen (secondary N) is 1. The fraction of sp³-hybridized carbons (Fsp3) is 0.200. The van der Waals surface area contributed by atoms with E-state index in [1.54, 1.807) is 24.4 Å². The molecule has 0 unspecified atom stereocenters. The number of benzene rings is 1. The number of nitrogens with zero attached hydrogens (tertiary/aromatic N) is 4. The summed E-state index contributed by atoms with van der Waals surface area (Å²) in [4.78, 5) is 38.2. The van der Waals surface area contributed by atoms with Crippen molar-refractivity contribution < 1.29 is 9.72 Å². The van der Waals surface area contributed by atoms with Gasteiger partial charge in [0.1, 0.15) is 10.7 Å². The number of hydrogen-bond donors (Lipinski definition) is 1. The fourth-order valence-electron chi connectivity index (χ4n) is 3.27. The SMILES string of the molecule is Cc1nc(C)c2c(C)c(C(=O)Nc3nc(-c4ccc(C)c([N+](=O)[O-])c4)cs3)sc2n1. The number of aromatic nitrogens is 3. The van der Waals surface area contributed by atoms with E-state index in [1.807, 2.05) is 20.8 Å². The van der Waals surface area contributed by atoms with Crippen molar-refractivity contribution in [2.24, 2.45) is 0 Å². The molecule has 0 fully saturated rings. The molecule has 0 aliphatic rings. The van der Waals surface area contributed by atoms with E-state index >= 15 is 0 Å². The van der Waals surface area contributed by atoms with E-state index in [1.165, 1.54) is 28.7 Å². The Bertz CT molecular complexity index is 1330. The lowest BCUT2D eigenvalue weighted by molar-refractivity contribution is -0.385. The van der Waals surface area contributed by atoms with E-state index in [4.69, 9.17) is 0 Å². The molecular formula is C20H17N5O3S2. The van der Waals surface area contributed by atoms with Crippen LogP contribution in [-0.4, -0.2) is 25.8 Å². The zero-order valence-corrected chi connectivity index (χ0v) is 18.3. The third-order valence-corrected chi connectivity index (χ3v) is 6.66. The van der Waals surface area contributed by atoms with Crippen LogP contribution in [0.4, 0.5) is 10.8 Å². The molecular weight excluding hydrogens is 422 g/mol. The minimum atomic E-state index is -0.412. The molecule has 10 heteroatoms. The third-order valence-electron chi connectivity index (χ3n) is 4.72. The van der Waals surface area contributed by atoms with Gasteiger partial charge in [-0.15, -0.1) is 22.7 Å². The first-order valence-corrected chi connectivity index (χ1v) is 10.7. The van der Waals surface area contributed by atoms with Crippen LogP contribution in [0.1, 0.15) is 32.3 Å². The Morgan fingerprint density at radius 1 is 1.13 bits per heavy atom. The number of hydrogen-bond acceptors (Lipinski definition) is 8. The van der Waals surface area contributed by atoms with Gasteiger partial charge in [-0.25, -0.2) is 15.0 Å². The first-order valence-electron chi connectivity index (χ1n) is 9.01. The van der Waals surface area contributed by atoms with Gasteiger partial charge in [-0.1, -0.05) is 12.1 Å². The lowest BCUT2D eigenvalue weighted by Gasteiger charge is -2.02. The molecule has 0 bridgehead atoms. The molecule has 3 heterocycles. The number of nitro groups is 1. The monoisotopic (exact) mass is 439 g/mol. The maximum atomic E-state index is 12.9. The molecule has 8 nitrogen and oxygen atoms in total. The molecule has 0 saturated carbocycles. The van der Waals surface area contributed by atoms with Gasteiger partial charge in [-0.2, -0.15) is 0 Å². The summed E-state index contributed by atoms with van der Waals surface area (Å²) >= 11 is 2.60. The third kappa shape index (κ3) is 3.55. The summed E-state index contributed by atoms with van der Waals surface area (Å²) in [6, 6.07) is 4.97. The molecule has 0 spiro atoms. The summed E-state index contributed by atoms with van der Waals surface area (Å²) in [6.45, 7) is 7.31. The summed E-state index contributed by atoms with van der Waals surface area (Å²) in [5.41, 5.74) is 3.52. The molecule has 152 valence electrons. The predicted molar refractivity (Wildman–Crippen MR) is 119 cm³/mol. The Kier molecular flexibility index (Phi) is 5.04. The fourth-order valence-corrected chi connectivity index (χ4v) is 5.16. The smallest absolute Gasteiger partial charge is 0.272 e. The van der Waals surface area contributed by atoms with Crippen molar-refractivity contribution in [2.45, 2.75) is 27.7 Å². The molecule has 4 rings (SSSR count). The van der Waals surface area contributed by atoms with Crippen LogP contribution in [0, 0.1) is 37.8 Å². The average molecular weight is 440 g/mol.